The van der Waals surface area contributed by atoms with Crippen molar-refractivity contribution in [3.63, 3.8) is 0 Å². The molecule has 0 saturated carbocycles. The molecule has 164 valence electrons. The Kier molecular flexibility index (Phi) is 8.47. The summed E-state index contributed by atoms with van der Waals surface area (Å²) in [6.07, 6.45) is 6.67. The number of carbonyl (C=O) groups is 2. The molecule has 4 N–H and O–H groups in total. The van der Waals surface area contributed by atoms with Crippen LogP contribution >= 0.6 is 0 Å². The Balaban J connectivity index is 2.48. The molecule has 0 aromatic heterocycles. The van der Waals surface area contributed by atoms with E-state index in [0.717, 1.165) is 49.7 Å². The van der Waals surface area contributed by atoms with Gasteiger partial charge in [-0.05, 0) is 63.1 Å². The fraction of sp³-hybridized carbons (Fsp3) is 0.478. The van der Waals surface area contributed by atoms with Gasteiger partial charge in [0.05, 0.1) is 0 Å². The lowest BCUT2D eigenvalue weighted by atomic mass is 9.73. The van der Waals surface area contributed by atoms with E-state index < -0.39 is 12.1 Å². The molecule has 3 amide bonds. The van der Waals surface area contributed by atoms with Crippen LogP contribution in [-0.2, 0) is 6.42 Å². The second-order valence-corrected chi connectivity index (χ2v) is 7.97. The first kappa shape index (κ1) is 23.5. The average molecular weight is 417 g/mol. The summed E-state index contributed by atoms with van der Waals surface area (Å²) in [5.41, 5.74) is 4.86. The molecule has 0 radical (unpaired) electrons. The maximum absolute atomic E-state index is 12.2. The third-order valence-corrected chi connectivity index (χ3v) is 5.48. The molecule has 1 aromatic rings. The van der Waals surface area contributed by atoms with E-state index >= 15 is 0 Å². The molecule has 0 saturated heterocycles. The number of urea groups is 1. The van der Waals surface area contributed by atoms with Gasteiger partial charge in [0.15, 0.2) is 0 Å². The Hall–Kier alpha value is -2.80. The van der Waals surface area contributed by atoms with Crippen LogP contribution in [0, 0.1) is 5.92 Å². The van der Waals surface area contributed by atoms with Crippen LogP contribution in [0.1, 0.15) is 69.9 Å². The molecule has 1 aliphatic carbocycles. The average Bonchev–Trinajstić information content (AvgIpc) is 2.67. The Morgan fingerprint density at radius 3 is 2.67 bits per heavy atom. The third-order valence-electron chi connectivity index (χ3n) is 5.48. The minimum Gasteiger partial charge on any atom is -0.507 e. The zero-order valence-corrected chi connectivity index (χ0v) is 18.0. The molecule has 0 fully saturated rings. The molecule has 1 aromatic carbocycles. The van der Waals surface area contributed by atoms with E-state index in [2.05, 4.69) is 19.6 Å². The molecule has 7 heteroatoms. The Bertz CT molecular complexity index is 831. The van der Waals surface area contributed by atoms with Gasteiger partial charge in [-0.3, -0.25) is 5.21 Å². The number of carbonyl (C=O) groups excluding carboxylic acids is 2. The summed E-state index contributed by atoms with van der Waals surface area (Å²) in [6, 6.07) is 2.37. The van der Waals surface area contributed by atoms with Crippen LogP contribution in [0.3, 0.4) is 0 Å². The Morgan fingerprint density at radius 2 is 2.03 bits per heavy atom. The van der Waals surface area contributed by atoms with Gasteiger partial charge in [-0.15, -0.1) is 0 Å². The van der Waals surface area contributed by atoms with Gasteiger partial charge in [0.2, 0.25) is 0 Å². The minimum absolute atomic E-state index is 0.0561. The highest BCUT2D eigenvalue weighted by atomic mass is 16.6. The molecule has 1 aliphatic rings. The van der Waals surface area contributed by atoms with E-state index in [-0.39, 0.29) is 23.3 Å². The van der Waals surface area contributed by atoms with E-state index in [9.17, 15) is 14.7 Å². The van der Waals surface area contributed by atoms with Gasteiger partial charge < -0.3 is 9.84 Å². The second-order valence-electron chi connectivity index (χ2n) is 7.97. The van der Waals surface area contributed by atoms with Crippen molar-refractivity contribution in [2.75, 3.05) is 0 Å². The fourth-order valence-electron chi connectivity index (χ4n) is 3.96. The summed E-state index contributed by atoms with van der Waals surface area (Å²) in [5, 5.41) is 21.4. The van der Waals surface area contributed by atoms with Crippen LogP contribution in [0.2, 0.25) is 0 Å². The van der Waals surface area contributed by atoms with Crippen LogP contribution in [0.4, 0.5) is 9.59 Å². The van der Waals surface area contributed by atoms with Crippen molar-refractivity contribution in [1.29, 1.82) is 0 Å². The van der Waals surface area contributed by atoms with Crippen molar-refractivity contribution < 1.29 is 24.6 Å². The predicted molar refractivity (Wildman–Crippen MR) is 115 cm³/mol. The molecule has 0 unspecified atom stereocenters. The Labute approximate surface area is 177 Å². The number of phenols is 1. The standard InChI is InChI=1S/C23H32N2O5/c1-5-6-7-8-16-12-19(26)21(18-11-15(4)9-10-17(18)14(2)3)20(13-16)30-23(28)24-22(27)25-29/h11-13,17-18,26,29H,2,5-10H2,1,3-4H3,(H2,24,25,27,28)/t17-,18+/m0/s1. The normalized spacial score (nSPS) is 18.3. The molecule has 30 heavy (non-hydrogen) atoms. The van der Waals surface area contributed by atoms with Crippen LogP contribution in [0.5, 0.6) is 11.5 Å². The van der Waals surface area contributed by atoms with Crippen LogP contribution in [-0.4, -0.2) is 22.4 Å². The Morgan fingerprint density at radius 1 is 1.30 bits per heavy atom. The van der Waals surface area contributed by atoms with Gasteiger partial charge in [0.1, 0.15) is 11.5 Å². The van der Waals surface area contributed by atoms with Gasteiger partial charge in [0.25, 0.3) is 0 Å². The summed E-state index contributed by atoms with van der Waals surface area (Å²) in [5.74, 6) is 0.152. The second kappa shape index (κ2) is 10.8. The highest BCUT2D eigenvalue weighted by Crippen LogP contribution is 2.47. The number of hydrogen-bond donors (Lipinski definition) is 4. The highest BCUT2D eigenvalue weighted by molar-refractivity contribution is 5.91. The van der Waals surface area contributed by atoms with Gasteiger partial charge in [-0.2, -0.15) is 0 Å². The molecule has 0 bridgehead atoms. The third kappa shape index (κ3) is 6.10. The van der Waals surface area contributed by atoms with Crippen molar-refractivity contribution >= 4 is 12.1 Å². The quantitative estimate of drug-likeness (QED) is 0.208. The van der Waals surface area contributed by atoms with Gasteiger partial charge in [-0.1, -0.05) is 43.6 Å². The number of hydroxylamine groups is 1. The number of rotatable bonds is 7. The van der Waals surface area contributed by atoms with E-state index in [1.54, 1.807) is 12.1 Å². The number of benzene rings is 1. The largest absolute Gasteiger partial charge is 0.507 e. The molecule has 0 heterocycles. The lowest BCUT2D eigenvalue weighted by Gasteiger charge is -2.32. The van der Waals surface area contributed by atoms with Gasteiger partial charge in [-0.25, -0.2) is 20.4 Å². The number of unbranched alkanes of at least 4 members (excludes halogenated alkanes) is 2. The number of ether oxygens (including phenoxy) is 1. The zero-order valence-electron chi connectivity index (χ0n) is 18.0. The molecular weight excluding hydrogens is 384 g/mol. The van der Waals surface area contributed by atoms with Crippen molar-refractivity contribution in [2.45, 2.75) is 65.2 Å². The van der Waals surface area contributed by atoms with E-state index in [4.69, 9.17) is 9.94 Å². The molecule has 0 aliphatic heterocycles. The summed E-state index contributed by atoms with van der Waals surface area (Å²) >= 11 is 0. The molecule has 0 spiro atoms. The smallest absolute Gasteiger partial charge is 0.420 e. The van der Waals surface area contributed by atoms with E-state index in [1.807, 2.05) is 19.2 Å². The van der Waals surface area contributed by atoms with Crippen molar-refractivity contribution in [3.8, 4) is 11.5 Å². The summed E-state index contributed by atoms with van der Waals surface area (Å²) in [4.78, 5) is 23.4. The van der Waals surface area contributed by atoms with E-state index in [1.165, 1.54) is 11.1 Å². The SMILES string of the molecule is C=C(C)[C@@H]1CCC(C)=C[C@H]1c1c(O)cc(CCCCC)cc1OC(=O)NC(=O)NO. The fourth-order valence-corrected chi connectivity index (χ4v) is 3.96. The lowest BCUT2D eigenvalue weighted by molar-refractivity contribution is 0.156. The first-order chi connectivity index (χ1) is 14.3. The predicted octanol–water partition coefficient (Wildman–Crippen LogP) is 5.33. The number of nitrogens with one attached hydrogen (secondary N) is 2. The summed E-state index contributed by atoms with van der Waals surface area (Å²) in [7, 11) is 0. The van der Waals surface area contributed by atoms with Crippen LogP contribution in [0.25, 0.3) is 0 Å². The first-order valence-electron chi connectivity index (χ1n) is 10.4. The highest BCUT2D eigenvalue weighted by Gasteiger charge is 2.31. The first-order valence-corrected chi connectivity index (χ1v) is 10.4. The van der Waals surface area contributed by atoms with Crippen LogP contribution in [0.15, 0.2) is 35.9 Å². The zero-order chi connectivity index (χ0) is 22.3. The topological polar surface area (TPSA) is 108 Å². The number of allylic oxidation sites excluding steroid dienone is 3. The van der Waals surface area contributed by atoms with Crippen molar-refractivity contribution in [1.82, 2.24) is 10.8 Å². The number of imide groups is 1. The maximum atomic E-state index is 12.2. The lowest BCUT2D eigenvalue weighted by Crippen LogP contribution is -2.39. The molecule has 2 rings (SSSR count). The van der Waals surface area contributed by atoms with Crippen molar-refractivity contribution in [3.05, 3.63) is 47.1 Å². The summed E-state index contributed by atoms with van der Waals surface area (Å²) in [6.45, 7) is 10.2. The number of aromatic hydroxyl groups is 1. The van der Waals surface area contributed by atoms with Gasteiger partial charge in [0, 0.05) is 11.5 Å². The molecule has 2 atom stereocenters. The number of amides is 3. The van der Waals surface area contributed by atoms with Crippen molar-refractivity contribution in [2.24, 2.45) is 5.92 Å². The number of phenolic OH excluding ortho intramolecular Hbond substituents is 1. The number of aryl methyl sites for hydroxylation is 1. The van der Waals surface area contributed by atoms with Crippen LogP contribution < -0.4 is 15.5 Å². The van der Waals surface area contributed by atoms with Gasteiger partial charge >= 0.3 is 12.1 Å². The minimum atomic E-state index is -1.10. The molecule has 7 nitrogen and oxygen atoms in total. The summed E-state index contributed by atoms with van der Waals surface area (Å²) < 4.78 is 5.42. The maximum Gasteiger partial charge on any atom is 0.420 e. The monoisotopic (exact) mass is 416 g/mol. The number of hydrogen-bond acceptors (Lipinski definition) is 5. The van der Waals surface area contributed by atoms with E-state index in [0.29, 0.717) is 5.56 Å². The molecular formula is C23H32N2O5.